The van der Waals surface area contributed by atoms with Crippen molar-refractivity contribution >= 4 is 0 Å². The van der Waals surface area contributed by atoms with E-state index in [0.717, 1.165) is 12.8 Å². The molecule has 1 aliphatic rings. The first kappa shape index (κ1) is 11.5. The predicted octanol–water partition coefficient (Wildman–Crippen LogP) is 1.45. The summed E-state index contributed by atoms with van der Waals surface area (Å²) < 4.78 is 5.31. The van der Waals surface area contributed by atoms with Crippen molar-refractivity contribution in [2.45, 2.75) is 45.8 Å². The van der Waals surface area contributed by atoms with E-state index in [2.05, 4.69) is 0 Å². The molecule has 0 aliphatic carbocycles. The van der Waals surface area contributed by atoms with Gasteiger partial charge in [-0.2, -0.15) is 0 Å². The quantitative estimate of drug-likeness (QED) is 0.709. The van der Waals surface area contributed by atoms with Crippen molar-refractivity contribution in [3.63, 3.8) is 0 Å². The van der Waals surface area contributed by atoms with E-state index in [0.29, 0.717) is 12.4 Å². The molecule has 1 heterocycles. The predicted molar refractivity (Wildman–Crippen MR) is 54.7 cm³/mol. The Bertz CT molecular complexity index is 215. The second-order valence-electron chi connectivity index (χ2n) is 4.85. The van der Waals surface area contributed by atoms with E-state index in [1.54, 1.807) is 0 Å². The van der Waals surface area contributed by atoms with Gasteiger partial charge < -0.3 is 14.9 Å². The molecule has 0 aromatic carbocycles. The van der Waals surface area contributed by atoms with Gasteiger partial charge >= 0.3 is 0 Å². The molecule has 14 heavy (non-hydrogen) atoms. The molecule has 2 N–H and O–H groups in total. The summed E-state index contributed by atoms with van der Waals surface area (Å²) in [4.78, 5) is 0. The van der Waals surface area contributed by atoms with E-state index in [1.165, 1.54) is 0 Å². The zero-order valence-corrected chi connectivity index (χ0v) is 9.16. The highest BCUT2D eigenvalue weighted by atomic mass is 16.5. The molecule has 1 rings (SSSR count). The van der Waals surface area contributed by atoms with Gasteiger partial charge in [0.2, 0.25) is 0 Å². The molecule has 3 heteroatoms. The highest BCUT2D eigenvalue weighted by Gasteiger charge is 2.32. The van der Waals surface area contributed by atoms with Crippen LogP contribution >= 0.6 is 0 Å². The summed E-state index contributed by atoms with van der Waals surface area (Å²) in [6, 6.07) is 0. The fourth-order valence-corrected chi connectivity index (χ4v) is 1.41. The van der Waals surface area contributed by atoms with Gasteiger partial charge in [-0.3, -0.25) is 0 Å². The normalized spacial score (nSPS) is 22.2. The summed E-state index contributed by atoms with van der Waals surface area (Å²) in [6.45, 7) is 6.32. The van der Waals surface area contributed by atoms with Crippen molar-refractivity contribution in [1.82, 2.24) is 0 Å². The van der Waals surface area contributed by atoms with Crippen LogP contribution in [0, 0.1) is 5.41 Å². The summed E-state index contributed by atoms with van der Waals surface area (Å²) in [5.74, 6) is 0.527. The van der Waals surface area contributed by atoms with Crippen LogP contribution in [0.1, 0.15) is 33.6 Å². The van der Waals surface area contributed by atoms with E-state index in [4.69, 9.17) is 4.74 Å². The van der Waals surface area contributed by atoms with E-state index in [-0.39, 0.29) is 5.41 Å². The number of rotatable bonds is 2. The molecule has 0 saturated heterocycles. The highest BCUT2D eigenvalue weighted by molar-refractivity contribution is 5.06. The van der Waals surface area contributed by atoms with Crippen LogP contribution in [-0.2, 0) is 4.74 Å². The van der Waals surface area contributed by atoms with Crippen LogP contribution in [0.15, 0.2) is 11.8 Å². The third kappa shape index (κ3) is 2.72. The monoisotopic (exact) mass is 200 g/mol. The lowest BCUT2D eigenvalue weighted by Gasteiger charge is -2.31. The molecule has 0 fully saturated rings. The summed E-state index contributed by atoms with van der Waals surface area (Å²) in [5.41, 5.74) is -0.332. The topological polar surface area (TPSA) is 49.7 Å². The van der Waals surface area contributed by atoms with Gasteiger partial charge in [-0.1, -0.05) is 20.8 Å². The second kappa shape index (κ2) is 4.32. The number of ether oxygens (including phenoxy) is 1. The minimum atomic E-state index is -0.893. The van der Waals surface area contributed by atoms with Crippen LogP contribution in [0.3, 0.4) is 0 Å². The molecule has 0 saturated carbocycles. The molecule has 0 amide bonds. The smallest absolute Gasteiger partial charge is 0.137 e. The molecule has 0 radical (unpaired) electrons. The summed E-state index contributed by atoms with van der Waals surface area (Å²) in [5, 5.41) is 19.7. The van der Waals surface area contributed by atoms with Gasteiger partial charge in [-0.25, -0.2) is 0 Å². The molecular weight excluding hydrogens is 180 g/mol. The Hall–Kier alpha value is -0.540. The SMILES string of the molecule is CC(C)(C)C(O)C(O)C1=CCCCO1. The van der Waals surface area contributed by atoms with Crippen LogP contribution < -0.4 is 0 Å². The number of hydrogen-bond acceptors (Lipinski definition) is 3. The first-order valence-corrected chi connectivity index (χ1v) is 5.12. The van der Waals surface area contributed by atoms with Crippen molar-refractivity contribution in [2.75, 3.05) is 6.61 Å². The molecule has 1 aliphatic heterocycles. The molecule has 82 valence electrons. The largest absolute Gasteiger partial charge is 0.495 e. The van der Waals surface area contributed by atoms with Gasteiger partial charge in [0.1, 0.15) is 11.9 Å². The number of aliphatic hydroxyl groups is 2. The first-order chi connectivity index (χ1) is 6.43. The van der Waals surface area contributed by atoms with Gasteiger partial charge in [0.15, 0.2) is 0 Å². The van der Waals surface area contributed by atoms with Crippen LogP contribution in [0.4, 0.5) is 0 Å². The third-order valence-corrected chi connectivity index (χ3v) is 2.44. The lowest BCUT2D eigenvalue weighted by molar-refractivity contribution is -0.0528. The standard InChI is InChI=1S/C11H20O3/c1-11(2,3)10(13)9(12)8-6-4-5-7-14-8/h6,9-10,12-13H,4-5,7H2,1-3H3. The average molecular weight is 200 g/mol. The highest BCUT2D eigenvalue weighted by Crippen LogP contribution is 2.26. The zero-order chi connectivity index (χ0) is 10.8. The Morgan fingerprint density at radius 3 is 2.43 bits per heavy atom. The second-order valence-corrected chi connectivity index (χ2v) is 4.85. The summed E-state index contributed by atoms with van der Waals surface area (Å²) in [7, 11) is 0. The Morgan fingerprint density at radius 1 is 1.36 bits per heavy atom. The molecule has 0 bridgehead atoms. The van der Waals surface area contributed by atoms with Crippen molar-refractivity contribution in [3.8, 4) is 0 Å². The van der Waals surface area contributed by atoms with Gasteiger partial charge in [0.25, 0.3) is 0 Å². The summed E-state index contributed by atoms with van der Waals surface area (Å²) in [6.07, 6.45) is 2.09. The van der Waals surface area contributed by atoms with E-state index in [9.17, 15) is 10.2 Å². The van der Waals surface area contributed by atoms with Crippen LogP contribution in [0.2, 0.25) is 0 Å². The molecule has 0 aromatic heterocycles. The van der Waals surface area contributed by atoms with Gasteiger partial charge in [0, 0.05) is 0 Å². The van der Waals surface area contributed by atoms with Gasteiger partial charge in [0.05, 0.1) is 12.7 Å². The van der Waals surface area contributed by atoms with Crippen LogP contribution in [0.25, 0.3) is 0 Å². The average Bonchev–Trinajstić information content (AvgIpc) is 2.15. The van der Waals surface area contributed by atoms with Crippen LogP contribution in [-0.4, -0.2) is 29.0 Å². The Labute approximate surface area is 85.4 Å². The third-order valence-electron chi connectivity index (χ3n) is 2.44. The number of aliphatic hydroxyl groups excluding tert-OH is 2. The van der Waals surface area contributed by atoms with Crippen molar-refractivity contribution in [3.05, 3.63) is 11.8 Å². The minimum Gasteiger partial charge on any atom is -0.495 e. The van der Waals surface area contributed by atoms with Crippen molar-refractivity contribution in [2.24, 2.45) is 5.41 Å². The number of hydrogen-bond donors (Lipinski definition) is 2. The summed E-state index contributed by atoms with van der Waals surface area (Å²) >= 11 is 0. The first-order valence-electron chi connectivity index (χ1n) is 5.12. The fourth-order valence-electron chi connectivity index (χ4n) is 1.41. The molecule has 0 aromatic rings. The Morgan fingerprint density at radius 2 is 2.00 bits per heavy atom. The lowest BCUT2D eigenvalue weighted by atomic mass is 9.85. The van der Waals surface area contributed by atoms with Gasteiger partial charge in [-0.15, -0.1) is 0 Å². The lowest BCUT2D eigenvalue weighted by Crippen LogP contribution is -2.39. The van der Waals surface area contributed by atoms with Crippen molar-refractivity contribution in [1.29, 1.82) is 0 Å². The van der Waals surface area contributed by atoms with E-state index in [1.807, 2.05) is 26.8 Å². The maximum absolute atomic E-state index is 9.84. The Kier molecular flexibility index (Phi) is 3.56. The van der Waals surface area contributed by atoms with E-state index < -0.39 is 12.2 Å². The molecular formula is C11H20O3. The zero-order valence-electron chi connectivity index (χ0n) is 9.16. The van der Waals surface area contributed by atoms with Gasteiger partial charge in [-0.05, 0) is 24.3 Å². The molecule has 3 nitrogen and oxygen atoms in total. The molecule has 0 spiro atoms. The van der Waals surface area contributed by atoms with E-state index >= 15 is 0 Å². The number of allylic oxidation sites excluding steroid dienone is 1. The fraction of sp³-hybridized carbons (Fsp3) is 0.818. The minimum absolute atomic E-state index is 0.332. The maximum atomic E-state index is 9.84. The molecule has 2 unspecified atom stereocenters. The molecule has 2 atom stereocenters. The Balaban J connectivity index is 2.64. The van der Waals surface area contributed by atoms with Crippen LogP contribution in [0.5, 0.6) is 0 Å². The maximum Gasteiger partial charge on any atom is 0.137 e. The van der Waals surface area contributed by atoms with Crippen molar-refractivity contribution < 1.29 is 14.9 Å².